The fourth-order valence-electron chi connectivity index (χ4n) is 2.64. The standard InChI is InChI=1S/C12H21N3O2/c1-2-6-13-12(17)15-7-5-10-9(8-15)3-4-11(16)14-10/h9-10H,2-8H2,1H3,(H,13,17)(H,14,16). The topological polar surface area (TPSA) is 61.4 Å². The van der Waals surface area contributed by atoms with Gasteiger partial charge in [-0.3, -0.25) is 4.79 Å². The fraction of sp³-hybridized carbons (Fsp3) is 0.833. The second-order valence-corrected chi connectivity index (χ2v) is 4.94. The molecule has 0 aromatic rings. The molecule has 2 aliphatic rings. The van der Waals surface area contributed by atoms with Crippen molar-refractivity contribution in [1.29, 1.82) is 0 Å². The number of likely N-dealkylation sites (tertiary alicyclic amines) is 1. The lowest BCUT2D eigenvalue weighted by atomic mass is 9.85. The molecule has 5 heteroatoms. The van der Waals surface area contributed by atoms with Crippen LogP contribution in [0.3, 0.4) is 0 Å². The molecule has 0 saturated carbocycles. The summed E-state index contributed by atoms with van der Waals surface area (Å²) in [7, 11) is 0. The zero-order valence-electron chi connectivity index (χ0n) is 10.4. The molecular weight excluding hydrogens is 218 g/mol. The van der Waals surface area contributed by atoms with Crippen LogP contribution in [-0.2, 0) is 4.79 Å². The monoisotopic (exact) mass is 239 g/mol. The van der Waals surface area contributed by atoms with Crippen molar-refractivity contribution in [3.63, 3.8) is 0 Å². The number of urea groups is 1. The Bertz CT molecular complexity index is 306. The summed E-state index contributed by atoms with van der Waals surface area (Å²) in [5.41, 5.74) is 0. The van der Waals surface area contributed by atoms with E-state index in [4.69, 9.17) is 0 Å². The van der Waals surface area contributed by atoms with Gasteiger partial charge in [0.2, 0.25) is 5.91 Å². The summed E-state index contributed by atoms with van der Waals surface area (Å²) in [6.45, 7) is 4.31. The molecule has 0 aromatic carbocycles. The predicted molar refractivity (Wildman–Crippen MR) is 64.5 cm³/mol. The Morgan fingerprint density at radius 3 is 3.12 bits per heavy atom. The van der Waals surface area contributed by atoms with Crippen LogP contribution in [0.15, 0.2) is 0 Å². The molecule has 2 fully saturated rings. The molecule has 2 aliphatic heterocycles. The number of nitrogens with zero attached hydrogens (tertiary/aromatic N) is 1. The molecule has 2 saturated heterocycles. The van der Waals surface area contributed by atoms with E-state index in [1.165, 1.54) is 0 Å². The molecule has 0 aromatic heterocycles. The molecule has 96 valence electrons. The van der Waals surface area contributed by atoms with Crippen LogP contribution >= 0.6 is 0 Å². The number of hydrogen-bond acceptors (Lipinski definition) is 2. The van der Waals surface area contributed by atoms with E-state index < -0.39 is 0 Å². The van der Waals surface area contributed by atoms with Crippen molar-refractivity contribution in [3.8, 4) is 0 Å². The largest absolute Gasteiger partial charge is 0.353 e. The molecule has 2 heterocycles. The molecule has 2 rings (SSSR count). The maximum Gasteiger partial charge on any atom is 0.317 e. The summed E-state index contributed by atoms with van der Waals surface area (Å²) in [4.78, 5) is 25.0. The van der Waals surface area contributed by atoms with E-state index in [9.17, 15) is 9.59 Å². The van der Waals surface area contributed by atoms with Gasteiger partial charge in [0.05, 0.1) is 0 Å². The minimum absolute atomic E-state index is 0.0437. The van der Waals surface area contributed by atoms with Gasteiger partial charge in [-0.15, -0.1) is 0 Å². The average molecular weight is 239 g/mol. The van der Waals surface area contributed by atoms with Gasteiger partial charge in [-0.1, -0.05) is 6.92 Å². The van der Waals surface area contributed by atoms with Crippen LogP contribution < -0.4 is 10.6 Å². The van der Waals surface area contributed by atoms with Crippen molar-refractivity contribution in [2.45, 2.75) is 38.6 Å². The first-order valence-electron chi connectivity index (χ1n) is 6.53. The number of amides is 3. The van der Waals surface area contributed by atoms with Gasteiger partial charge in [0, 0.05) is 32.1 Å². The zero-order valence-corrected chi connectivity index (χ0v) is 10.4. The van der Waals surface area contributed by atoms with Gasteiger partial charge in [-0.25, -0.2) is 4.79 Å². The third kappa shape index (κ3) is 2.90. The van der Waals surface area contributed by atoms with E-state index in [0.29, 0.717) is 12.3 Å². The molecule has 0 radical (unpaired) electrons. The minimum atomic E-state index is 0.0437. The summed E-state index contributed by atoms with van der Waals surface area (Å²) >= 11 is 0. The maximum absolute atomic E-state index is 11.8. The quantitative estimate of drug-likeness (QED) is 0.745. The Hall–Kier alpha value is -1.26. The highest BCUT2D eigenvalue weighted by Gasteiger charge is 2.35. The highest BCUT2D eigenvalue weighted by atomic mass is 16.2. The fourth-order valence-corrected chi connectivity index (χ4v) is 2.64. The molecule has 2 unspecified atom stereocenters. The van der Waals surface area contributed by atoms with Crippen LogP contribution in [0.1, 0.15) is 32.6 Å². The zero-order chi connectivity index (χ0) is 12.3. The summed E-state index contributed by atoms with van der Waals surface area (Å²) in [5.74, 6) is 0.601. The maximum atomic E-state index is 11.8. The van der Waals surface area contributed by atoms with Crippen molar-refractivity contribution >= 4 is 11.9 Å². The molecular formula is C12H21N3O2. The summed E-state index contributed by atoms with van der Waals surface area (Å²) in [5, 5.41) is 5.93. The molecule has 5 nitrogen and oxygen atoms in total. The van der Waals surface area contributed by atoms with E-state index in [0.717, 1.165) is 38.9 Å². The van der Waals surface area contributed by atoms with Crippen LogP contribution in [-0.4, -0.2) is 42.5 Å². The van der Waals surface area contributed by atoms with Crippen LogP contribution in [0.4, 0.5) is 4.79 Å². The second-order valence-electron chi connectivity index (χ2n) is 4.94. The summed E-state index contributed by atoms with van der Waals surface area (Å²) in [6.07, 6.45) is 3.36. The van der Waals surface area contributed by atoms with E-state index in [1.807, 2.05) is 11.8 Å². The number of carbonyl (C=O) groups is 2. The lowest BCUT2D eigenvalue weighted by Gasteiger charge is -2.41. The van der Waals surface area contributed by atoms with Crippen molar-refractivity contribution in [3.05, 3.63) is 0 Å². The lowest BCUT2D eigenvalue weighted by Crippen LogP contribution is -2.56. The SMILES string of the molecule is CCCNC(=O)N1CCC2NC(=O)CCC2C1. The predicted octanol–water partition coefficient (Wildman–Crippen LogP) is 0.706. The second kappa shape index (κ2) is 5.38. The van der Waals surface area contributed by atoms with Gasteiger partial charge >= 0.3 is 6.03 Å². The molecule has 17 heavy (non-hydrogen) atoms. The highest BCUT2D eigenvalue weighted by Crippen LogP contribution is 2.25. The van der Waals surface area contributed by atoms with Gasteiger partial charge in [0.15, 0.2) is 0 Å². The van der Waals surface area contributed by atoms with Gasteiger partial charge in [0.25, 0.3) is 0 Å². The lowest BCUT2D eigenvalue weighted by molar-refractivity contribution is -0.125. The Morgan fingerprint density at radius 1 is 1.53 bits per heavy atom. The van der Waals surface area contributed by atoms with Crippen LogP contribution in [0, 0.1) is 5.92 Å². The highest BCUT2D eigenvalue weighted by molar-refractivity contribution is 5.77. The molecule has 0 aliphatic carbocycles. The Morgan fingerprint density at radius 2 is 2.35 bits per heavy atom. The van der Waals surface area contributed by atoms with Crippen molar-refractivity contribution < 1.29 is 9.59 Å². The Labute approximate surface area is 102 Å². The molecule has 2 atom stereocenters. The van der Waals surface area contributed by atoms with E-state index in [-0.39, 0.29) is 18.0 Å². The summed E-state index contributed by atoms with van der Waals surface area (Å²) < 4.78 is 0. The van der Waals surface area contributed by atoms with Crippen LogP contribution in [0.5, 0.6) is 0 Å². The molecule has 3 amide bonds. The third-order valence-electron chi connectivity index (χ3n) is 3.64. The van der Waals surface area contributed by atoms with E-state index in [1.54, 1.807) is 0 Å². The first-order chi connectivity index (χ1) is 8.20. The van der Waals surface area contributed by atoms with Crippen LogP contribution in [0.25, 0.3) is 0 Å². The first kappa shape index (κ1) is 12.2. The Balaban J connectivity index is 1.85. The van der Waals surface area contributed by atoms with E-state index >= 15 is 0 Å². The van der Waals surface area contributed by atoms with Crippen LogP contribution in [0.2, 0.25) is 0 Å². The summed E-state index contributed by atoms with van der Waals surface area (Å²) in [6, 6.07) is 0.327. The minimum Gasteiger partial charge on any atom is -0.353 e. The smallest absolute Gasteiger partial charge is 0.317 e. The number of nitrogens with one attached hydrogen (secondary N) is 2. The first-order valence-corrected chi connectivity index (χ1v) is 6.53. The number of rotatable bonds is 2. The average Bonchev–Trinajstić information content (AvgIpc) is 2.35. The number of piperidine rings is 2. The van der Waals surface area contributed by atoms with Crippen molar-refractivity contribution in [2.75, 3.05) is 19.6 Å². The van der Waals surface area contributed by atoms with Gasteiger partial charge in [-0.05, 0) is 25.2 Å². The van der Waals surface area contributed by atoms with E-state index in [2.05, 4.69) is 10.6 Å². The van der Waals surface area contributed by atoms with Crippen molar-refractivity contribution in [1.82, 2.24) is 15.5 Å². The number of fused-ring (bicyclic) bond motifs is 1. The van der Waals surface area contributed by atoms with Gasteiger partial charge in [0.1, 0.15) is 0 Å². The van der Waals surface area contributed by atoms with Crippen molar-refractivity contribution in [2.24, 2.45) is 5.92 Å². The number of carbonyl (C=O) groups excluding carboxylic acids is 2. The molecule has 0 bridgehead atoms. The van der Waals surface area contributed by atoms with Gasteiger partial charge < -0.3 is 15.5 Å². The third-order valence-corrected chi connectivity index (χ3v) is 3.64. The molecule has 2 N–H and O–H groups in total. The molecule has 0 spiro atoms. The number of hydrogen-bond donors (Lipinski definition) is 2. The normalized spacial score (nSPS) is 28.3. The van der Waals surface area contributed by atoms with Gasteiger partial charge in [-0.2, -0.15) is 0 Å². The Kier molecular flexibility index (Phi) is 3.86.